The van der Waals surface area contributed by atoms with Crippen molar-refractivity contribution in [2.24, 2.45) is 5.41 Å². The molecule has 0 spiro atoms. The van der Waals surface area contributed by atoms with Gasteiger partial charge in [0.1, 0.15) is 0 Å². The summed E-state index contributed by atoms with van der Waals surface area (Å²) in [5.74, 6) is -0.526. The normalized spacial score (nSPS) is 42.5. The van der Waals surface area contributed by atoms with E-state index in [9.17, 15) is 19.8 Å². The summed E-state index contributed by atoms with van der Waals surface area (Å²) in [6, 6.07) is 0. The minimum atomic E-state index is -1.24. The van der Waals surface area contributed by atoms with Crippen molar-refractivity contribution in [1.29, 1.82) is 0 Å². The second kappa shape index (κ2) is 5.71. The van der Waals surface area contributed by atoms with Crippen molar-refractivity contribution < 1.29 is 24.5 Å². The smallest absolute Gasteiger partial charge is 0.336 e. The van der Waals surface area contributed by atoms with Crippen LogP contribution in [0, 0.1) is 5.41 Å². The number of amides is 1. The Labute approximate surface area is 146 Å². The number of halogens is 1. The largest absolute Gasteiger partial charge is 0.453 e. The molecule has 7 heteroatoms. The van der Waals surface area contributed by atoms with Crippen molar-refractivity contribution in [2.75, 3.05) is 5.88 Å². The lowest BCUT2D eigenvalue weighted by Gasteiger charge is -2.55. The average molecular weight is 358 g/mol. The van der Waals surface area contributed by atoms with Crippen LogP contribution < -0.4 is 5.32 Å². The monoisotopic (exact) mass is 357 g/mol. The molecule has 2 fully saturated rings. The predicted octanol–water partition coefficient (Wildman–Crippen LogP) is 1.03. The fraction of sp³-hybridized carbons (Fsp3) is 0.765. The SMILES string of the molecule is C[C@@]12OC(=O)[C@]1(C[C@@H](O)C1=CC(O)CCC1)NC(=O)[C@]2(C)CCCl. The first kappa shape index (κ1) is 17.7. The van der Waals surface area contributed by atoms with Gasteiger partial charge in [-0.1, -0.05) is 6.08 Å². The number of carbonyl (C=O) groups excluding carboxylic acids is 2. The lowest BCUT2D eigenvalue weighted by molar-refractivity contribution is -0.234. The summed E-state index contributed by atoms with van der Waals surface area (Å²) in [4.78, 5) is 24.9. The van der Waals surface area contributed by atoms with E-state index >= 15 is 0 Å². The van der Waals surface area contributed by atoms with E-state index in [0.29, 0.717) is 24.8 Å². The van der Waals surface area contributed by atoms with Gasteiger partial charge in [-0.25, -0.2) is 4.79 Å². The molecule has 3 rings (SSSR count). The van der Waals surface area contributed by atoms with Gasteiger partial charge in [0.25, 0.3) is 0 Å². The first-order chi connectivity index (χ1) is 11.2. The molecule has 5 atom stereocenters. The number of ether oxygens (including phenoxy) is 1. The molecule has 1 unspecified atom stereocenters. The van der Waals surface area contributed by atoms with Gasteiger partial charge in [-0.05, 0) is 45.1 Å². The fourth-order valence-electron chi connectivity index (χ4n) is 4.31. The molecular weight excluding hydrogens is 334 g/mol. The third-order valence-electron chi connectivity index (χ3n) is 6.23. The van der Waals surface area contributed by atoms with Crippen molar-refractivity contribution in [3.63, 3.8) is 0 Å². The van der Waals surface area contributed by atoms with E-state index in [1.807, 2.05) is 0 Å². The summed E-state index contributed by atoms with van der Waals surface area (Å²) in [6.45, 7) is 3.48. The number of nitrogens with one attached hydrogen (secondary N) is 1. The van der Waals surface area contributed by atoms with Gasteiger partial charge < -0.3 is 20.3 Å². The number of aliphatic hydroxyl groups is 2. The molecule has 3 N–H and O–H groups in total. The predicted molar refractivity (Wildman–Crippen MR) is 87.4 cm³/mol. The number of alkyl halides is 1. The van der Waals surface area contributed by atoms with Gasteiger partial charge in [-0.15, -0.1) is 11.6 Å². The second-order valence-electron chi connectivity index (χ2n) is 7.47. The third kappa shape index (κ3) is 2.16. The number of hydrogen-bond donors (Lipinski definition) is 3. The lowest BCUT2D eigenvalue weighted by Crippen LogP contribution is -2.76. The van der Waals surface area contributed by atoms with Gasteiger partial charge in [0.2, 0.25) is 5.91 Å². The first-order valence-electron chi connectivity index (χ1n) is 8.39. The Hall–Kier alpha value is -1.11. The minimum Gasteiger partial charge on any atom is -0.453 e. The molecule has 134 valence electrons. The topological polar surface area (TPSA) is 95.9 Å². The number of hydrogen-bond acceptors (Lipinski definition) is 5. The molecule has 1 amide bonds. The van der Waals surface area contributed by atoms with Crippen molar-refractivity contribution in [3.05, 3.63) is 11.6 Å². The molecule has 0 bridgehead atoms. The Balaban J connectivity index is 1.89. The summed E-state index contributed by atoms with van der Waals surface area (Å²) in [6.07, 6.45) is 2.73. The van der Waals surface area contributed by atoms with Crippen LogP contribution in [0.25, 0.3) is 0 Å². The molecule has 24 heavy (non-hydrogen) atoms. The van der Waals surface area contributed by atoms with Crippen LogP contribution in [0.4, 0.5) is 0 Å². The van der Waals surface area contributed by atoms with Crippen LogP contribution in [-0.2, 0) is 14.3 Å². The van der Waals surface area contributed by atoms with Crippen molar-refractivity contribution in [1.82, 2.24) is 5.32 Å². The number of carbonyl (C=O) groups is 2. The number of aliphatic hydroxyl groups excluding tert-OH is 2. The van der Waals surface area contributed by atoms with Gasteiger partial charge in [0, 0.05) is 12.3 Å². The van der Waals surface area contributed by atoms with E-state index in [0.717, 1.165) is 6.42 Å². The van der Waals surface area contributed by atoms with Crippen LogP contribution >= 0.6 is 11.6 Å². The van der Waals surface area contributed by atoms with E-state index < -0.39 is 34.7 Å². The summed E-state index contributed by atoms with van der Waals surface area (Å²) in [7, 11) is 0. The van der Waals surface area contributed by atoms with Crippen molar-refractivity contribution in [3.8, 4) is 0 Å². The molecule has 6 nitrogen and oxygen atoms in total. The summed E-state index contributed by atoms with van der Waals surface area (Å²) < 4.78 is 5.44. The second-order valence-corrected chi connectivity index (χ2v) is 7.85. The molecule has 2 aliphatic heterocycles. The molecular formula is C17H24ClNO5. The maximum Gasteiger partial charge on any atom is 0.336 e. The zero-order chi connectivity index (χ0) is 17.8. The fourth-order valence-corrected chi connectivity index (χ4v) is 4.69. The first-order valence-corrected chi connectivity index (χ1v) is 8.92. The molecule has 2 heterocycles. The maximum absolute atomic E-state index is 12.6. The van der Waals surface area contributed by atoms with E-state index in [-0.39, 0.29) is 18.2 Å². The highest BCUT2D eigenvalue weighted by Gasteiger charge is 2.80. The summed E-state index contributed by atoms with van der Waals surface area (Å²) >= 11 is 5.85. The summed E-state index contributed by atoms with van der Waals surface area (Å²) in [5.41, 5.74) is -2.50. The third-order valence-corrected chi connectivity index (χ3v) is 6.42. The summed E-state index contributed by atoms with van der Waals surface area (Å²) in [5, 5.41) is 23.2. The van der Waals surface area contributed by atoms with Crippen LogP contribution in [-0.4, -0.2) is 51.3 Å². The molecule has 0 saturated carbocycles. The van der Waals surface area contributed by atoms with Crippen LogP contribution in [0.1, 0.15) is 46.0 Å². The number of fused-ring (bicyclic) bond motifs is 1. The van der Waals surface area contributed by atoms with Gasteiger partial charge in [0.15, 0.2) is 11.1 Å². The van der Waals surface area contributed by atoms with Gasteiger partial charge in [0.05, 0.1) is 17.6 Å². The highest BCUT2D eigenvalue weighted by Crippen LogP contribution is 2.58. The minimum absolute atomic E-state index is 0.0461. The molecule has 0 aromatic heterocycles. The Morgan fingerprint density at radius 1 is 1.46 bits per heavy atom. The van der Waals surface area contributed by atoms with Crippen LogP contribution in [0.15, 0.2) is 11.6 Å². The Bertz CT molecular complexity index is 608. The maximum atomic E-state index is 12.6. The Morgan fingerprint density at radius 2 is 2.17 bits per heavy atom. The van der Waals surface area contributed by atoms with E-state index in [1.54, 1.807) is 19.9 Å². The standard InChI is InChI=1S/C17H24ClNO5/c1-15(6-7-18)13(22)19-17(14(23)24-16(15,17)2)9-12(21)10-4-3-5-11(20)8-10/h8,11-12,20-21H,3-7,9H2,1-2H3,(H,19,22)/t11?,12-,15+,16+,17+/m1/s1. The van der Waals surface area contributed by atoms with E-state index in [1.165, 1.54) is 0 Å². The zero-order valence-electron chi connectivity index (χ0n) is 14.0. The molecule has 2 saturated heterocycles. The molecule has 3 aliphatic rings. The van der Waals surface area contributed by atoms with Crippen LogP contribution in [0.3, 0.4) is 0 Å². The molecule has 0 aromatic rings. The van der Waals surface area contributed by atoms with Gasteiger partial charge >= 0.3 is 5.97 Å². The quantitative estimate of drug-likeness (QED) is 0.388. The average Bonchev–Trinajstić information content (AvgIpc) is 2.64. The number of rotatable bonds is 5. The Kier molecular flexibility index (Phi) is 4.21. The zero-order valence-corrected chi connectivity index (χ0v) is 14.7. The van der Waals surface area contributed by atoms with E-state index in [4.69, 9.17) is 16.3 Å². The van der Waals surface area contributed by atoms with Gasteiger partial charge in [-0.2, -0.15) is 0 Å². The molecule has 0 radical (unpaired) electrons. The highest BCUT2D eigenvalue weighted by atomic mass is 35.5. The van der Waals surface area contributed by atoms with Crippen molar-refractivity contribution >= 4 is 23.5 Å². The molecule has 0 aromatic carbocycles. The van der Waals surface area contributed by atoms with Crippen LogP contribution in [0.5, 0.6) is 0 Å². The lowest BCUT2D eigenvalue weighted by atomic mass is 9.61. The number of esters is 1. The van der Waals surface area contributed by atoms with Crippen molar-refractivity contribution in [2.45, 2.75) is 69.3 Å². The van der Waals surface area contributed by atoms with Crippen LogP contribution in [0.2, 0.25) is 0 Å². The van der Waals surface area contributed by atoms with E-state index in [2.05, 4.69) is 5.32 Å². The highest BCUT2D eigenvalue weighted by molar-refractivity contribution is 6.18. The van der Waals surface area contributed by atoms with Gasteiger partial charge in [-0.3, -0.25) is 4.79 Å². The molecule has 1 aliphatic carbocycles. The Morgan fingerprint density at radius 3 is 2.75 bits per heavy atom.